The Balaban J connectivity index is 2.85. The third kappa shape index (κ3) is 2.91. The lowest BCUT2D eigenvalue weighted by molar-refractivity contribution is -0.117. The molecule has 0 aromatic heterocycles. The highest BCUT2D eigenvalue weighted by Crippen LogP contribution is 2.24. The summed E-state index contributed by atoms with van der Waals surface area (Å²) in [5, 5.41) is 2.52. The summed E-state index contributed by atoms with van der Waals surface area (Å²) >= 11 is 5.73. The maximum absolute atomic E-state index is 13.2. The van der Waals surface area contributed by atoms with Crippen molar-refractivity contribution >= 4 is 23.2 Å². The van der Waals surface area contributed by atoms with Gasteiger partial charge in [0.05, 0.1) is 16.8 Å². The summed E-state index contributed by atoms with van der Waals surface area (Å²) in [4.78, 5) is 11.4. The Bertz CT molecular complexity index is 350. The number of carbonyl (C=O) groups is 1. The number of nitrogens with two attached hydrogens (primary N) is 1. The van der Waals surface area contributed by atoms with Gasteiger partial charge in [0.25, 0.3) is 0 Å². The van der Waals surface area contributed by atoms with Gasteiger partial charge in [-0.3, -0.25) is 4.79 Å². The Morgan fingerprint density at radius 1 is 1.67 bits per heavy atom. The number of halogens is 2. The van der Waals surface area contributed by atoms with E-state index in [9.17, 15) is 9.18 Å². The Labute approximate surface area is 92.4 Å². The van der Waals surface area contributed by atoms with Crippen LogP contribution in [0.4, 0.5) is 10.1 Å². The molecule has 1 aromatic rings. The second-order valence-corrected chi connectivity index (χ2v) is 3.51. The zero-order chi connectivity index (χ0) is 11.4. The Hall–Kier alpha value is -1.13. The Morgan fingerprint density at radius 3 is 2.87 bits per heavy atom. The molecule has 5 heteroatoms. The summed E-state index contributed by atoms with van der Waals surface area (Å²) < 4.78 is 13.2. The van der Waals surface area contributed by atoms with Crippen LogP contribution in [0.25, 0.3) is 0 Å². The molecule has 1 rings (SSSR count). The van der Waals surface area contributed by atoms with Crippen LogP contribution in [0.1, 0.15) is 13.3 Å². The number of para-hydroxylation sites is 1. The van der Waals surface area contributed by atoms with Crippen molar-refractivity contribution in [1.29, 1.82) is 0 Å². The first-order valence-electron chi connectivity index (χ1n) is 4.56. The molecule has 0 fully saturated rings. The molecule has 0 spiro atoms. The van der Waals surface area contributed by atoms with Crippen LogP contribution in [0.3, 0.4) is 0 Å². The topological polar surface area (TPSA) is 55.1 Å². The number of hydrogen-bond acceptors (Lipinski definition) is 2. The molecule has 82 valence electrons. The maximum atomic E-state index is 13.2. The average molecular weight is 231 g/mol. The van der Waals surface area contributed by atoms with E-state index in [-0.39, 0.29) is 10.7 Å². The molecule has 0 bridgehead atoms. The monoisotopic (exact) mass is 230 g/mol. The van der Waals surface area contributed by atoms with Crippen LogP contribution in [0, 0.1) is 5.82 Å². The number of benzene rings is 1. The predicted molar refractivity (Wildman–Crippen MR) is 58.3 cm³/mol. The van der Waals surface area contributed by atoms with Crippen molar-refractivity contribution in [3.63, 3.8) is 0 Å². The second kappa shape index (κ2) is 5.09. The fourth-order valence-electron chi connectivity index (χ4n) is 1.02. The van der Waals surface area contributed by atoms with Crippen LogP contribution in [-0.4, -0.2) is 11.9 Å². The fourth-order valence-corrected chi connectivity index (χ4v) is 1.23. The highest BCUT2D eigenvalue weighted by molar-refractivity contribution is 6.33. The molecule has 0 aliphatic carbocycles. The fraction of sp³-hybridized carbons (Fsp3) is 0.300. The molecule has 1 unspecified atom stereocenters. The molecule has 3 nitrogen and oxygen atoms in total. The van der Waals surface area contributed by atoms with Crippen molar-refractivity contribution in [3.8, 4) is 0 Å². The summed E-state index contributed by atoms with van der Waals surface area (Å²) in [6.07, 6.45) is 0.484. The summed E-state index contributed by atoms with van der Waals surface area (Å²) in [7, 11) is 0. The van der Waals surface area contributed by atoms with Gasteiger partial charge in [-0.25, -0.2) is 4.39 Å². The predicted octanol–water partition coefficient (Wildman–Crippen LogP) is 2.15. The van der Waals surface area contributed by atoms with Crippen LogP contribution in [-0.2, 0) is 4.79 Å². The van der Waals surface area contributed by atoms with Crippen molar-refractivity contribution in [1.82, 2.24) is 0 Å². The van der Waals surface area contributed by atoms with E-state index < -0.39 is 17.8 Å². The number of rotatable bonds is 3. The average Bonchev–Trinajstić information content (AvgIpc) is 2.22. The van der Waals surface area contributed by atoms with Gasteiger partial charge in [-0.05, 0) is 18.6 Å². The van der Waals surface area contributed by atoms with Crippen molar-refractivity contribution in [2.24, 2.45) is 5.73 Å². The SMILES string of the molecule is CCC(N)C(=O)Nc1c(F)cccc1Cl. The normalized spacial score (nSPS) is 12.3. The molecule has 1 amide bonds. The number of carbonyl (C=O) groups excluding carboxylic acids is 1. The molecule has 0 aliphatic heterocycles. The number of nitrogens with one attached hydrogen (secondary N) is 1. The maximum Gasteiger partial charge on any atom is 0.241 e. The molecule has 0 saturated heterocycles. The minimum absolute atomic E-state index is 0.0203. The zero-order valence-electron chi connectivity index (χ0n) is 8.26. The summed E-state index contributed by atoms with van der Waals surface area (Å²) in [6, 6.07) is 3.53. The number of amides is 1. The van der Waals surface area contributed by atoms with Gasteiger partial charge in [0.1, 0.15) is 5.82 Å². The number of anilines is 1. The first-order valence-corrected chi connectivity index (χ1v) is 4.94. The van der Waals surface area contributed by atoms with Gasteiger partial charge in [0, 0.05) is 0 Å². The molecule has 0 aliphatic rings. The lowest BCUT2D eigenvalue weighted by Gasteiger charge is -2.11. The van der Waals surface area contributed by atoms with Crippen molar-refractivity contribution in [2.75, 3.05) is 5.32 Å². The standard InChI is InChI=1S/C10H12ClFN2O/c1-2-8(13)10(15)14-9-6(11)4-3-5-7(9)12/h3-5,8H,2,13H2,1H3,(H,14,15). The Morgan fingerprint density at radius 2 is 2.33 bits per heavy atom. The van der Waals surface area contributed by atoms with Crippen LogP contribution in [0.15, 0.2) is 18.2 Å². The van der Waals surface area contributed by atoms with E-state index in [0.29, 0.717) is 6.42 Å². The Kier molecular flexibility index (Phi) is 4.05. The van der Waals surface area contributed by atoms with Gasteiger partial charge in [-0.1, -0.05) is 24.6 Å². The summed E-state index contributed by atoms with van der Waals surface area (Å²) in [5.74, 6) is -1.01. The first kappa shape index (κ1) is 11.9. The molecule has 1 aromatic carbocycles. The molecular weight excluding hydrogens is 219 g/mol. The third-order valence-corrected chi connectivity index (χ3v) is 2.30. The van der Waals surface area contributed by atoms with Crippen molar-refractivity contribution in [2.45, 2.75) is 19.4 Å². The lowest BCUT2D eigenvalue weighted by Crippen LogP contribution is -2.35. The molecule has 0 radical (unpaired) electrons. The first-order chi connectivity index (χ1) is 7.06. The van der Waals surface area contributed by atoms with Gasteiger partial charge < -0.3 is 11.1 Å². The van der Waals surface area contributed by atoms with Crippen molar-refractivity contribution in [3.05, 3.63) is 29.0 Å². The van der Waals surface area contributed by atoms with E-state index in [2.05, 4.69) is 5.32 Å². The van der Waals surface area contributed by atoms with Gasteiger partial charge in [0.15, 0.2) is 0 Å². The zero-order valence-corrected chi connectivity index (χ0v) is 9.01. The van der Waals surface area contributed by atoms with Gasteiger partial charge in [0.2, 0.25) is 5.91 Å². The second-order valence-electron chi connectivity index (χ2n) is 3.10. The molecule has 0 saturated carbocycles. The molecule has 0 heterocycles. The molecular formula is C10H12ClFN2O. The summed E-state index contributed by atoms with van der Waals surface area (Å²) in [6.45, 7) is 1.77. The van der Waals surface area contributed by atoms with Crippen LogP contribution >= 0.6 is 11.6 Å². The van der Waals surface area contributed by atoms with E-state index in [1.165, 1.54) is 18.2 Å². The lowest BCUT2D eigenvalue weighted by atomic mass is 10.2. The van der Waals surface area contributed by atoms with Gasteiger partial charge >= 0.3 is 0 Å². The quantitative estimate of drug-likeness (QED) is 0.836. The summed E-state index contributed by atoms with van der Waals surface area (Å²) in [5.41, 5.74) is 5.47. The largest absolute Gasteiger partial charge is 0.321 e. The van der Waals surface area contributed by atoms with E-state index in [0.717, 1.165) is 0 Å². The van der Waals surface area contributed by atoms with Crippen LogP contribution in [0.2, 0.25) is 5.02 Å². The van der Waals surface area contributed by atoms with E-state index in [1.807, 2.05) is 0 Å². The smallest absolute Gasteiger partial charge is 0.241 e. The molecule has 15 heavy (non-hydrogen) atoms. The minimum Gasteiger partial charge on any atom is -0.321 e. The molecule has 1 atom stereocenters. The van der Waals surface area contributed by atoms with Gasteiger partial charge in [-0.15, -0.1) is 0 Å². The highest BCUT2D eigenvalue weighted by Gasteiger charge is 2.15. The number of hydrogen-bond donors (Lipinski definition) is 2. The third-order valence-electron chi connectivity index (χ3n) is 1.99. The van der Waals surface area contributed by atoms with Crippen molar-refractivity contribution < 1.29 is 9.18 Å². The van der Waals surface area contributed by atoms with E-state index >= 15 is 0 Å². The highest BCUT2D eigenvalue weighted by atomic mass is 35.5. The van der Waals surface area contributed by atoms with E-state index in [4.69, 9.17) is 17.3 Å². The van der Waals surface area contributed by atoms with Gasteiger partial charge in [-0.2, -0.15) is 0 Å². The van der Waals surface area contributed by atoms with Crippen LogP contribution < -0.4 is 11.1 Å². The van der Waals surface area contributed by atoms with E-state index in [1.54, 1.807) is 6.92 Å². The molecule has 3 N–H and O–H groups in total. The minimum atomic E-state index is -0.652. The van der Waals surface area contributed by atoms with Crippen LogP contribution in [0.5, 0.6) is 0 Å².